The van der Waals surface area contributed by atoms with Crippen LogP contribution in [-0.2, 0) is 19.6 Å². The number of carbonyl (C=O) groups excluding carboxylic acids is 2. The number of esters is 1. The minimum atomic E-state index is -3.61. The number of nitrogens with zero attached hydrogens (tertiary/aromatic N) is 2. The molecule has 0 unspecified atom stereocenters. The Hall–Kier alpha value is -1.93. The van der Waals surface area contributed by atoms with Gasteiger partial charge in [0.25, 0.3) is 0 Å². The average molecular weight is 394 g/mol. The summed E-state index contributed by atoms with van der Waals surface area (Å²) in [5.41, 5.74) is 0.207. The van der Waals surface area contributed by atoms with E-state index in [1.54, 1.807) is 17.0 Å². The Bertz CT molecular complexity index is 785. The first-order chi connectivity index (χ1) is 13.0. The fourth-order valence-corrected chi connectivity index (χ4v) is 5.05. The molecule has 2 aliphatic rings. The van der Waals surface area contributed by atoms with Gasteiger partial charge in [-0.25, -0.2) is 13.2 Å². The van der Waals surface area contributed by atoms with Crippen molar-refractivity contribution in [3.63, 3.8) is 0 Å². The predicted molar refractivity (Wildman–Crippen MR) is 99.8 cm³/mol. The maximum absolute atomic E-state index is 12.9. The van der Waals surface area contributed by atoms with Crippen LogP contribution in [0.25, 0.3) is 0 Å². The van der Waals surface area contributed by atoms with E-state index < -0.39 is 16.0 Å². The number of sulfonamides is 1. The van der Waals surface area contributed by atoms with Crippen molar-refractivity contribution in [2.24, 2.45) is 0 Å². The maximum Gasteiger partial charge on any atom is 0.338 e. The van der Waals surface area contributed by atoms with Crippen molar-refractivity contribution in [2.45, 2.75) is 43.4 Å². The second-order valence-electron chi connectivity index (χ2n) is 6.97. The van der Waals surface area contributed by atoms with Gasteiger partial charge >= 0.3 is 5.97 Å². The number of hydrogen-bond donors (Lipinski definition) is 0. The third-order valence-corrected chi connectivity index (χ3v) is 6.93. The largest absolute Gasteiger partial charge is 0.460 e. The molecule has 0 aliphatic carbocycles. The molecule has 0 spiro atoms. The smallest absolute Gasteiger partial charge is 0.338 e. The van der Waals surface area contributed by atoms with Crippen LogP contribution in [0.4, 0.5) is 0 Å². The van der Waals surface area contributed by atoms with E-state index in [1.807, 2.05) is 0 Å². The second kappa shape index (κ2) is 8.84. The van der Waals surface area contributed by atoms with Gasteiger partial charge < -0.3 is 9.64 Å². The molecule has 3 rings (SSSR count). The van der Waals surface area contributed by atoms with Crippen LogP contribution < -0.4 is 0 Å². The molecule has 0 atom stereocenters. The van der Waals surface area contributed by atoms with Gasteiger partial charge in [-0.15, -0.1) is 0 Å². The monoisotopic (exact) mass is 394 g/mol. The fraction of sp³-hybridized carbons (Fsp3) is 0.579. The standard InChI is InChI=1S/C19H26N2O5S/c22-18-9-6-10-20(18)13-14-26-19(23)16-7-5-8-17(15-16)27(24,25)21-11-3-1-2-4-12-21/h5,7-8,15H,1-4,6,9-14H2. The van der Waals surface area contributed by atoms with Crippen LogP contribution in [0.15, 0.2) is 29.2 Å². The van der Waals surface area contributed by atoms with E-state index in [-0.39, 0.29) is 23.0 Å². The topological polar surface area (TPSA) is 84.0 Å². The van der Waals surface area contributed by atoms with Gasteiger partial charge in [-0.3, -0.25) is 4.79 Å². The SMILES string of the molecule is O=C(OCCN1CCCC1=O)c1cccc(S(=O)(=O)N2CCCCCC2)c1. The first-order valence-electron chi connectivity index (χ1n) is 9.53. The van der Waals surface area contributed by atoms with Gasteiger partial charge in [0.15, 0.2) is 0 Å². The summed E-state index contributed by atoms with van der Waals surface area (Å²) < 4.78 is 32.5. The van der Waals surface area contributed by atoms with Crippen LogP contribution in [-0.4, -0.2) is 62.3 Å². The molecule has 148 valence electrons. The van der Waals surface area contributed by atoms with Gasteiger partial charge in [0.2, 0.25) is 15.9 Å². The molecule has 0 aromatic heterocycles. The summed E-state index contributed by atoms with van der Waals surface area (Å²) >= 11 is 0. The van der Waals surface area contributed by atoms with Crippen molar-refractivity contribution >= 4 is 21.9 Å². The molecular formula is C19H26N2O5S. The van der Waals surface area contributed by atoms with Crippen molar-refractivity contribution in [2.75, 3.05) is 32.8 Å². The molecule has 1 aromatic rings. The van der Waals surface area contributed by atoms with Gasteiger partial charge in [0.1, 0.15) is 6.61 Å². The summed E-state index contributed by atoms with van der Waals surface area (Å²) in [5, 5.41) is 0. The van der Waals surface area contributed by atoms with Crippen LogP contribution in [0, 0.1) is 0 Å². The normalized spacial score (nSPS) is 19.1. The zero-order valence-corrected chi connectivity index (χ0v) is 16.2. The van der Waals surface area contributed by atoms with Crippen LogP contribution in [0.1, 0.15) is 48.9 Å². The molecule has 1 amide bonds. The van der Waals surface area contributed by atoms with Crippen molar-refractivity contribution in [1.29, 1.82) is 0 Å². The molecule has 27 heavy (non-hydrogen) atoms. The molecule has 0 radical (unpaired) electrons. The van der Waals surface area contributed by atoms with E-state index in [4.69, 9.17) is 4.74 Å². The Balaban J connectivity index is 1.63. The molecule has 0 bridgehead atoms. The Morgan fingerprint density at radius 3 is 2.44 bits per heavy atom. The number of carbonyl (C=O) groups is 2. The van der Waals surface area contributed by atoms with Crippen LogP contribution in [0.3, 0.4) is 0 Å². The lowest BCUT2D eigenvalue weighted by Gasteiger charge is -2.20. The molecule has 2 saturated heterocycles. The summed E-state index contributed by atoms with van der Waals surface area (Å²) in [7, 11) is -3.61. The molecule has 7 nitrogen and oxygen atoms in total. The van der Waals surface area contributed by atoms with Crippen molar-refractivity contribution in [3.05, 3.63) is 29.8 Å². The number of rotatable bonds is 6. The molecule has 0 N–H and O–H groups in total. The highest BCUT2D eigenvalue weighted by Gasteiger charge is 2.26. The zero-order chi connectivity index (χ0) is 19.3. The second-order valence-corrected chi connectivity index (χ2v) is 8.90. The molecule has 2 heterocycles. The molecule has 2 fully saturated rings. The first-order valence-corrected chi connectivity index (χ1v) is 11.0. The Kier molecular flexibility index (Phi) is 6.49. The Labute approximate surface area is 160 Å². The van der Waals surface area contributed by atoms with E-state index in [0.717, 1.165) is 32.1 Å². The maximum atomic E-state index is 12.9. The summed E-state index contributed by atoms with van der Waals surface area (Å²) in [6.45, 7) is 2.20. The van der Waals surface area contributed by atoms with Gasteiger partial charge in [-0.05, 0) is 37.5 Å². The lowest BCUT2D eigenvalue weighted by atomic mass is 10.2. The van der Waals surface area contributed by atoms with E-state index in [1.165, 1.54) is 16.4 Å². The quantitative estimate of drug-likeness (QED) is 0.690. The average Bonchev–Trinajstić information content (AvgIpc) is 2.90. The minimum absolute atomic E-state index is 0.0802. The molecule has 2 aliphatic heterocycles. The van der Waals surface area contributed by atoms with E-state index >= 15 is 0 Å². The van der Waals surface area contributed by atoms with Gasteiger partial charge in [-0.1, -0.05) is 18.9 Å². The molecule has 8 heteroatoms. The summed E-state index contributed by atoms with van der Waals surface area (Å²) in [5.74, 6) is -0.494. The molecule has 1 aromatic carbocycles. The van der Waals surface area contributed by atoms with Crippen LogP contribution >= 0.6 is 0 Å². The predicted octanol–water partition coefficient (Wildman–Crippen LogP) is 2.03. The lowest BCUT2D eigenvalue weighted by Crippen LogP contribution is -2.32. The Morgan fingerprint density at radius 1 is 1.04 bits per heavy atom. The highest BCUT2D eigenvalue weighted by atomic mass is 32.2. The van der Waals surface area contributed by atoms with Gasteiger partial charge in [0.05, 0.1) is 17.0 Å². The van der Waals surface area contributed by atoms with E-state index in [9.17, 15) is 18.0 Å². The van der Waals surface area contributed by atoms with Gasteiger partial charge in [-0.2, -0.15) is 4.31 Å². The van der Waals surface area contributed by atoms with Gasteiger partial charge in [0, 0.05) is 26.1 Å². The van der Waals surface area contributed by atoms with Crippen molar-refractivity contribution in [1.82, 2.24) is 9.21 Å². The number of hydrogen-bond acceptors (Lipinski definition) is 5. The summed E-state index contributed by atoms with van der Waals surface area (Å²) in [6, 6.07) is 6.00. The van der Waals surface area contributed by atoms with Crippen LogP contribution in [0.5, 0.6) is 0 Å². The van der Waals surface area contributed by atoms with Crippen molar-refractivity contribution < 1.29 is 22.7 Å². The lowest BCUT2D eigenvalue weighted by molar-refractivity contribution is -0.128. The molecule has 0 saturated carbocycles. The summed E-state index contributed by atoms with van der Waals surface area (Å²) in [6.07, 6.45) is 5.18. The third kappa shape index (κ3) is 4.87. The number of ether oxygens (including phenoxy) is 1. The highest BCUT2D eigenvalue weighted by molar-refractivity contribution is 7.89. The third-order valence-electron chi connectivity index (χ3n) is 5.04. The number of benzene rings is 1. The zero-order valence-electron chi connectivity index (χ0n) is 15.4. The van der Waals surface area contributed by atoms with Crippen molar-refractivity contribution in [3.8, 4) is 0 Å². The number of likely N-dealkylation sites (tertiary alicyclic amines) is 1. The highest BCUT2D eigenvalue weighted by Crippen LogP contribution is 2.21. The minimum Gasteiger partial charge on any atom is -0.460 e. The first kappa shape index (κ1) is 19.8. The summed E-state index contributed by atoms with van der Waals surface area (Å²) in [4.78, 5) is 25.6. The van der Waals surface area contributed by atoms with Crippen LogP contribution in [0.2, 0.25) is 0 Å². The Morgan fingerprint density at radius 2 is 1.78 bits per heavy atom. The van der Waals surface area contributed by atoms with E-state index in [0.29, 0.717) is 32.6 Å². The molecular weight excluding hydrogens is 368 g/mol. The van der Waals surface area contributed by atoms with E-state index in [2.05, 4.69) is 0 Å². The number of amides is 1. The fourth-order valence-electron chi connectivity index (χ4n) is 3.49.